The standard InChI is InChI=1S/C19H22N2O3/c1-13(18(20)14-7-3-2-4-8-14)19(22)21-11-15-12-23-16-9-5-6-10-17(16)24-15/h2-10,13,15,18H,11-12,20H2,1H3,(H,21,22). The minimum atomic E-state index is -0.338. The molecule has 0 spiro atoms. The molecule has 5 nitrogen and oxygen atoms in total. The molecule has 1 aliphatic rings. The Morgan fingerprint density at radius 1 is 1.17 bits per heavy atom. The molecule has 0 aliphatic carbocycles. The highest BCUT2D eigenvalue weighted by Crippen LogP contribution is 2.30. The van der Waals surface area contributed by atoms with E-state index in [2.05, 4.69) is 5.32 Å². The van der Waals surface area contributed by atoms with Crippen molar-refractivity contribution in [2.75, 3.05) is 13.2 Å². The van der Waals surface area contributed by atoms with Gasteiger partial charge in [-0.25, -0.2) is 0 Å². The summed E-state index contributed by atoms with van der Waals surface area (Å²) in [6.07, 6.45) is -0.205. The predicted octanol–water partition coefficient (Wildman–Crippen LogP) is 2.28. The van der Waals surface area contributed by atoms with Crippen molar-refractivity contribution in [1.82, 2.24) is 5.32 Å². The topological polar surface area (TPSA) is 73.6 Å². The molecular weight excluding hydrogens is 304 g/mol. The fourth-order valence-electron chi connectivity index (χ4n) is 2.67. The highest BCUT2D eigenvalue weighted by atomic mass is 16.6. The minimum Gasteiger partial charge on any atom is -0.486 e. The number of benzene rings is 2. The molecule has 24 heavy (non-hydrogen) atoms. The molecule has 5 heteroatoms. The van der Waals surface area contributed by atoms with Crippen LogP contribution in [-0.4, -0.2) is 25.2 Å². The average Bonchev–Trinajstić information content (AvgIpc) is 2.65. The number of ether oxygens (including phenoxy) is 2. The molecule has 3 atom stereocenters. The van der Waals surface area contributed by atoms with Crippen LogP contribution in [0, 0.1) is 5.92 Å². The Balaban J connectivity index is 1.52. The normalized spacial score (nSPS) is 18.5. The number of amides is 1. The van der Waals surface area contributed by atoms with Gasteiger partial charge in [-0.1, -0.05) is 49.4 Å². The molecule has 2 aromatic rings. The number of fused-ring (bicyclic) bond motifs is 1. The minimum absolute atomic E-state index is 0.0891. The van der Waals surface area contributed by atoms with Crippen LogP contribution in [0.4, 0.5) is 0 Å². The molecule has 0 bridgehead atoms. The van der Waals surface area contributed by atoms with Gasteiger partial charge in [-0.3, -0.25) is 4.79 Å². The first-order valence-electron chi connectivity index (χ1n) is 8.12. The third-order valence-electron chi connectivity index (χ3n) is 4.21. The number of nitrogens with two attached hydrogens (primary N) is 1. The molecular formula is C19H22N2O3. The number of rotatable bonds is 5. The predicted molar refractivity (Wildman–Crippen MR) is 91.9 cm³/mol. The van der Waals surface area contributed by atoms with Gasteiger partial charge in [0.15, 0.2) is 11.5 Å². The largest absolute Gasteiger partial charge is 0.486 e. The lowest BCUT2D eigenvalue weighted by atomic mass is 9.94. The molecule has 0 fully saturated rings. The van der Waals surface area contributed by atoms with Gasteiger partial charge in [0.25, 0.3) is 0 Å². The summed E-state index contributed by atoms with van der Waals surface area (Å²) < 4.78 is 11.5. The van der Waals surface area contributed by atoms with E-state index in [4.69, 9.17) is 15.2 Å². The lowest BCUT2D eigenvalue weighted by Crippen LogP contribution is -2.43. The van der Waals surface area contributed by atoms with Crippen LogP contribution in [0.1, 0.15) is 18.5 Å². The smallest absolute Gasteiger partial charge is 0.224 e. The van der Waals surface area contributed by atoms with Gasteiger partial charge < -0.3 is 20.5 Å². The summed E-state index contributed by atoms with van der Waals surface area (Å²) in [6, 6.07) is 16.8. The number of hydrogen-bond donors (Lipinski definition) is 2. The van der Waals surface area contributed by atoms with Crippen LogP contribution in [0.5, 0.6) is 11.5 Å². The van der Waals surface area contributed by atoms with Crippen molar-refractivity contribution in [3.05, 3.63) is 60.2 Å². The fraction of sp³-hybridized carbons (Fsp3) is 0.316. The Kier molecular flexibility index (Phi) is 5.01. The molecule has 0 aromatic heterocycles. The molecule has 0 radical (unpaired) electrons. The Bertz CT molecular complexity index is 690. The number of hydrogen-bond acceptors (Lipinski definition) is 4. The summed E-state index contributed by atoms with van der Waals surface area (Å²) in [7, 11) is 0. The Morgan fingerprint density at radius 2 is 1.83 bits per heavy atom. The van der Waals surface area contributed by atoms with Crippen LogP contribution in [0.2, 0.25) is 0 Å². The maximum Gasteiger partial charge on any atom is 0.224 e. The third kappa shape index (κ3) is 3.68. The van der Waals surface area contributed by atoms with E-state index in [0.717, 1.165) is 11.3 Å². The SMILES string of the molecule is CC(C(=O)NCC1COc2ccccc2O1)C(N)c1ccccc1. The van der Waals surface area contributed by atoms with Gasteiger partial charge in [-0.2, -0.15) is 0 Å². The second-order valence-corrected chi connectivity index (χ2v) is 5.97. The first-order valence-corrected chi connectivity index (χ1v) is 8.12. The van der Waals surface area contributed by atoms with E-state index in [1.54, 1.807) is 0 Å². The second kappa shape index (κ2) is 7.36. The van der Waals surface area contributed by atoms with Crippen LogP contribution >= 0.6 is 0 Å². The van der Waals surface area contributed by atoms with Gasteiger partial charge in [-0.15, -0.1) is 0 Å². The quantitative estimate of drug-likeness (QED) is 0.884. The van der Waals surface area contributed by atoms with Gasteiger partial charge in [-0.05, 0) is 17.7 Å². The van der Waals surface area contributed by atoms with E-state index in [1.807, 2.05) is 61.5 Å². The number of carbonyl (C=O) groups is 1. The molecule has 1 amide bonds. The molecule has 2 aromatic carbocycles. The monoisotopic (exact) mass is 326 g/mol. The van der Waals surface area contributed by atoms with Crippen molar-refractivity contribution in [2.24, 2.45) is 11.7 Å². The van der Waals surface area contributed by atoms with E-state index in [1.165, 1.54) is 0 Å². The summed E-state index contributed by atoms with van der Waals surface area (Å²) in [6.45, 7) is 2.63. The molecule has 3 unspecified atom stereocenters. The van der Waals surface area contributed by atoms with Crippen LogP contribution in [0.25, 0.3) is 0 Å². The second-order valence-electron chi connectivity index (χ2n) is 5.97. The van der Waals surface area contributed by atoms with Gasteiger partial charge in [0.1, 0.15) is 12.7 Å². The van der Waals surface area contributed by atoms with Crippen LogP contribution < -0.4 is 20.5 Å². The summed E-state index contributed by atoms with van der Waals surface area (Å²) in [5.41, 5.74) is 7.14. The van der Waals surface area contributed by atoms with Gasteiger partial charge in [0.05, 0.1) is 12.5 Å². The highest BCUT2D eigenvalue weighted by Gasteiger charge is 2.25. The van der Waals surface area contributed by atoms with E-state index in [9.17, 15) is 4.79 Å². The molecule has 3 N–H and O–H groups in total. The van der Waals surface area contributed by atoms with E-state index in [0.29, 0.717) is 18.9 Å². The molecule has 0 saturated carbocycles. The molecule has 126 valence electrons. The van der Waals surface area contributed by atoms with Crippen molar-refractivity contribution in [2.45, 2.75) is 19.1 Å². The van der Waals surface area contributed by atoms with Crippen molar-refractivity contribution in [1.29, 1.82) is 0 Å². The van der Waals surface area contributed by atoms with E-state index >= 15 is 0 Å². The average molecular weight is 326 g/mol. The van der Waals surface area contributed by atoms with Crippen LogP contribution in [-0.2, 0) is 4.79 Å². The first kappa shape index (κ1) is 16.3. The highest BCUT2D eigenvalue weighted by molar-refractivity contribution is 5.79. The summed E-state index contributed by atoms with van der Waals surface area (Å²) in [5, 5.41) is 2.91. The number of para-hydroxylation sites is 2. The molecule has 1 heterocycles. The summed E-state index contributed by atoms with van der Waals surface area (Å²) >= 11 is 0. The fourth-order valence-corrected chi connectivity index (χ4v) is 2.67. The maximum absolute atomic E-state index is 12.4. The van der Waals surface area contributed by atoms with Gasteiger partial charge >= 0.3 is 0 Å². The maximum atomic E-state index is 12.4. The van der Waals surface area contributed by atoms with Crippen LogP contribution in [0.3, 0.4) is 0 Å². The lowest BCUT2D eigenvalue weighted by molar-refractivity contribution is -0.125. The van der Waals surface area contributed by atoms with Crippen molar-refractivity contribution in [3.63, 3.8) is 0 Å². The van der Waals surface area contributed by atoms with Crippen molar-refractivity contribution in [3.8, 4) is 11.5 Å². The first-order chi connectivity index (χ1) is 11.6. The lowest BCUT2D eigenvalue weighted by Gasteiger charge is -2.27. The summed E-state index contributed by atoms with van der Waals surface area (Å²) in [4.78, 5) is 12.4. The van der Waals surface area contributed by atoms with Gasteiger partial charge in [0.2, 0.25) is 5.91 Å². The Labute approximate surface area is 141 Å². The zero-order valence-corrected chi connectivity index (χ0v) is 13.6. The number of nitrogens with one attached hydrogen (secondary N) is 1. The van der Waals surface area contributed by atoms with E-state index in [-0.39, 0.29) is 24.0 Å². The molecule has 0 saturated heterocycles. The molecule has 3 rings (SSSR count). The zero-order chi connectivity index (χ0) is 16.9. The van der Waals surface area contributed by atoms with Crippen molar-refractivity contribution >= 4 is 5.91 Å². The molecule has 1 aliphatic heterocycles. The summed E-state index contributed by atoms with van der Waals surface area (Å²) in [5.74, 6) is 1.02. The van der Waals surface area contributed by atoms with E-state index < -0.39 is 0 Å². The van der Waals surface area contributed by atoms with Crippen molar-refractivity contribution < 1.29 is 14.3 Å². The Hall–Kier alpha value is -2.53. The van der Waals surface area contributed by atoms with Gasteiger partial charge in [0, 0.05) is 6.04 Å². The zero-order valence-electron chi connectivity index (χ0n) is 13.6. The van der Waals surface area contributed by atoms with Crippen LogP contribution in [0.15, 0.2) is 54.6 Å². The number of carbonyl (C=O) groups excluding carboxylic acids is 1. The third-order valence-corrected chi connectivity index (χ3v) is 4.21. The Morgan fingerprint density at radius 3 is 2.58 bits per heavy atom.